The van der Waals surface area contributed by atoms with Crippen LogP contribution in [0.3, 0.4) is 0 Å². The van der Waals surface area contributed by atoms with Crippen LogP contribution in [-0.2, 0) is 13.6 Å². The van der Waals surface area contributed by atoms with Crippen LogP contribution in [-0.4, -0.2) is 35.1 Å². The average Bonchev–Trinajstić information content (AvgIpc) is 2.71. The molecule has 20 heavy (non-hydrogen) atoms. The van der Waals surface area contributed by atoms with Gasteiger partial charge in [0.25, 0.3) is 0 Å². The number of piperidine rings is 1. The van der Waals surface area contributed by atoms with Gasteiger partial charge in [0.1, 0.15) is 0 Å². The summed E-state index contributed by atoms with van der Waals surface area (Å²) in [6.07, 6.45) is 5.26. The second-order valence-corrected chi connectivity index (χ2v) is 6.31. The van der Waals surface area contributed by atoms with E-state index in [9.17, 15) is 0 Å². The Bertz CT molecular complexity index is 414. The molecular weight excluding hydrogens is 246 g/mol. The number of unbranched alkanes of at least 4 members (excludes halogenated alkanes) is 1. The highest BCUT2D eigenvalue weighted by molar-refractivity contribution is 5.26. The van der Waals surface area contributed by atoms with Crippen molar-refractivity contribution in [3.63, 3.8) is 0 Å². The molecule has 3 nitrogen and oxygen atoms in total. The van der Waals surface area contributed by atoms with Crippen molar-refractivity contribution >= 4 is 0 Å². The zero-order valence-corrected chi connectivity index (χ0v) is 13.7. The molecule has 1 aromatic heterocycles. The lowest BCUT2D eigenvalue weighted by Gasteiger charge is -2.32. The normalized spacial score (nSPS) is 17.8. The first kappa shape index (κ1) is 15.6. The van der Waals surface area contributed by atoms with E-state index < -0.39 is 0 Å². The Hall–Kier alpha value is -0.800. The molecule has 1 aromatic rings. The van der Waals surface area contributed by atoms with Crippen LogP contribution in [0.4, 0.5) is 0 Å². The zero-order valence-electron chi connectivity index (χ0n) is 13.7. The molecule has 2 heterocycles. The average molecular weight is 277 g/mol. The molecule has 0 unspecified atom stereocenters. The van der Waals surface area contributed by atoms with Crippen LogP contribution in [0.25, 0.3) is 0 Å². The standard InChI is InChI=1S/C17H31N3/c1-5-6-9-20-10-7-17(8-11-20)18-13-16-12-14(2)19(4)15(16)3/h12,17-18H,5-11,13H2,1-4H3. The molecule has 0 saturated carbocycles. The fraction of sp³-hybridized carbons (Fsp3) is 0.765. The summed E-state index contributed by atoms with van der Waals surface area (Å²) >= 11 is 0. The lowest BCUT2D eigenvalue weighted by atomic mass is 10.0. The Morgan fingerprint density at radius 3 is 2.50 bits per heavy atom. The fourth-order valence-electron chi connectivity index (χ4n) is 3.11. The van der Waals surface area contributed by atoms with Crippen molar-refractivity contribution in [2.45, 2.75) is 59.0 Å². The minimum absolute atomic E-state index is 0.702. The van der Waals surface area contributed by atoms with E-state index in [1.807, 2.05) is 0 Å². The van der Waals surface area contributed by atoms with Crippen molar-refractivity contribution in [3.8, 4) is 0 Å². The van der Waals surface area contributed by atoms with Crippen LogP contribution in [0.5, 0.6) is 0 Å². The summed E-state index contributed by atoms with van der Waals surface area (Å²) < 4.78 is 2.28. The van der Waals surface area contributed by atoms with E-state index in [2.05, 4.69) is 48.7 Å². The summed E-state index contributed by atoms with van der Waals surface area (Å²) in [6.45, 7) is 11.5. The molecule has 0 aliphatic carbocycles. The van der Waals surface area contributed by atoms with Gasteiger partial charge in [0, 0.05) is 31.0 Å². The van der Waals surface area contributed by atoms with Gasteiger partial charge < -0.3 is 14.8 Å². The van der Waals surface area contributed by atoms with Gasteiger partial charge in [-0.2, -0.15) is 0 Å². The van der Waals surface area contributed by atoms with Crippen molar-refractivity contribution in [1.29, 1.82) is 0 Å². The largest absolute Gasteiger partial charge is 0.352 e. The van der Waals surface area contributed by atoms with Crippen LogP contribution in [0.2, 0.25) is 0 Å². The van der Waals surface area contributed by atoms with Crippen molar-refractivity contribution in [1.82, 2.24) is 14.8 Å². The van der Waals surface area contributed by atoms with Gasteiger partial charge in [-0.3, -0.25) is 0 Å². The SMILES string of the molecule is CCCCN1CCC(NCc2cc(C)n(C)c2C)CC1. The first-order valence-corrected chi connectivity index (χ1v) is 8.19. The summed E-state index contributed by atoms with van der Waals surface area (Å²) in [6, 6.07) is 3.02. The Balaban J connectivity index is 1.74. The van der Waals surface area contributed by atoms with Crippen LogP contribution >= 0.6 is 0 Å². The lowest BCUT2D eigenvalue weighted by molar-refractivity contribution is 0.195. The van der Waals surface area contributed by atoms with Gasteiger partial charge in [-0.05, 0) is 64.4 Å². The third-order valence-corrected chi connectivity index (χ3v) is 4.88. The van der Waals surface area contributed by atoms with E-state index in [0.29, 0.717) is 6.04 Å². The van der Waals surface area contributed by atoms with E-state index >= 15 is 0 Å². The molecule has 1 saturated heterocycles. The van der Waals surface area contributed by atoms with Gasteiger partial charge >= 0.3 is 0 Å². The topological polar surface area (TPSA) is 20.2 Å². The molecule has 1 N–H and O–H groups in total. The van der Waals surface area contributed by atoms with Gasteiger partial charge in [-0.15, -0.1) is 0 Å². The van der Waals surface area contributed by atoms with Crippen molar-refractivity contribution in [3.05, 3.63) is 23.0 Å². The lowest BCUT2D eigenvalue weighted by Crippen LogP contribution is -2.42. The number of hydrogen-bond donors (Lipinski definition) is 1. The van der Waals surface area contributed by atoms with Gasteiger partial charge in [0.15, 0.2) is 0 Å². The molecule has 0 spiro atoms. The number of aryl methyl sites for hydroxylation is 1. The monoisotopic (exact) mass is 277 g/mol. The molecule has 0 aromatic carbocycles. The summed E-state index contributed by atoms with van der Waals surface area (Å²) in [7, 11) is 2.15. The summed E-state index contributed by atoms with van der Waals surface area (Å²) in [5, 5.41) is 3.76. The van der Waals surface area contributed by atoms with Crippen LogP contribution in [0, 0.1) is 13.8 Å². The zero-order chi connectivity index (χ0) is 14.5. The molecule has 2 rings (SSSR count). The van der Waals surface area contributed by atoms with Gasteiger partial charge in [0.05, 0.1) is 0 Å². The Labute approximate surface area is 124 Å². The maximum Gasteiger partial charge on any atom is 0.0225 e. The Morgan fingerprint density at radius 2 is 1.95 bits per heavy atom. The predicted octanol–water partition coefficient (Wildman–Crippen LogP) is 3.00. The summed E-state index contributed by atoms with van der Waals surface area (Å²) in [4.78, 5) is 2.62. The molecule has 0 radical (unpaired) electrons. The summed E-state index contributed by atoms with van der Waals surface area (Å²) in [5.74, 6) is 0. The third-order valence-electron chi connectivity index (χ3n) is 4.88. The van der Waals surface area contributed by atoms with Crippen molar-refractivity contribution in [2.24, 2.45) is 7.05 Å². The second kappa shape index (κ2) is 7.28. The van der Waals surface area contributed by atoms with Crippen LogP contribution in [0.15, 0.2) is 6.07 Å². The minimum Gasteiger partial charge on any atom is -0.352 e. The Morgan fingerprint density at radius 1 is 1.25 bits per heavy atom. The highest BCUT2D eigenvalue weighted by atomic mass is 15.1. The number of hydrogen-bond acceptors (Lipinski definition) is 2. The maximum absolute atomic E-state index is 3.76. The maximum atomic E-state index is 3.76. The van der Waals surface area contributed by atoms with E-state index in [0.717, 1.165) is 6.54 Å². The highest BCUT2D eigenvalue weighted by Crippen LogP contribution is 2.15. The molecule has 0 amide bonds. The van der Waals surface area contributed by atoms with Crippen molar-refractivity contribution in [2.75, 3.05) is 19.6 Å². The smallest absolute Gasteiger partial charge is 0.0225 e. The van der Waals surface area contributed by atoms with Gasteiger partial charge in [-0.1, -0.05) is 13.3 Å². The van der Waals surface area contributed by atoms with E-state index in [1.54, 1.807) is 0 Å². The molecule has 1 aliphatic heterocycles. The molecule has 114 valence electrons. The second-order valence-electron chi connectivity index (χ2n) is 6.31. The van der Waals surface area contributed by atoms with E-state index in [4.69, 9.17) is 0 Å². The molecule has 1 fully saturated rings. The molecular formula is C17H31N3. The van der Waals surface area contributed by atoms with Gasteiger partial charge in [0.2, 0.25) is 0 Å². The number of likely N-dealkylation sites (tertiary alicyclic amines) is 1. The number of aromatic nitrogens is 1. The highest BCUT2D eigenvalue weighted by Gasteiger charge is 2.18. The summed E-state index contributed by atoms with van der Waals surface area (Å²) in [5.41, 5.74) is 4.21. The van der Waals surface area contributed by atoms with Gasteiger partial charge in [-0.25, -0.2) is 0 Å². The number of nitrogens with one attached hydrogen (secondary N) is 1. The Kier molecular flexibility index (Phi) is 5.67. The molecule has 0 atom stereocenters. The third kappa shape index (κ3) is 3.86. The quantitative estimate of drug-likeness (QED) is 0.862. The molecule has 1 aliphatic rings. The first-order valence-electron chi connectivity index (χ1n) is 8.19. The van der Waals surface area contributed by atoms with Crippen LogP contribution < -0.4 is 5.32 Å². The van der Waals surface area contributed by atoms with Crippen LogP contribution in [0.1, 0.15) is 49.6 Å². The minimum atomic E-state index is 0.702. The van der Waals surface area contributed by atoms with E-state index in [-0.39, 0.29) is 0 Å². The predicted molar refractivity (Wildman–Crippen MR) is 86.1 cm³/mol. The fourth-order valence-corrected chi connectivity index (χ4v) is 3.11. The number of nitrogens with zero attached hydrogens (tertiary/aromatic N) is 2. The molecule has 0 bridgehead atoms. The number of rotatable bonds is 6. The molecule has 3 heteroatoms. The van der Waals surface area contributed by atoms with E-state index in [1.165, 1.54) is 62.3 Å². The van der Waals surface area contributed by atoms with Crippen molar-refractivity contribution < 1.29 is 0 Å². The first-order chi connectivity index (χ1) is 9.61.